The van der Waals surface area contributed by atoms with E-state index in [1.165, 1.54) is 16.7 Å². The van der Waals surface area contributed by atoms with Crippen LogP contribution < -0.4 is 5.32 Å². The zero-order chi connectivity index (χ0) is 14.7. The maximum Gasteiger partial charge on any atom is 0.217 e. The maximum absolute atomic E-state index is 10.7. The minimum Gasteiger partial charge on any atom is -0.353 e. The molecule has 1 N–H and O–H groups in total. The molecule has 2 heteroatoms. The number of rotatable bonds is 8. The second-order valence-corrected chi connectivity index (χ2v) is 5.40. The van der Waals surface area contributed by atoms with Gasteiger partial charge in [0.15, 0.2) is 0 Å². The van der Waals surface area contributed by atoms with E-state index in [9.17, 15) is 4.79 Å². The summed E-state index contributed by atoms with van der Waals surface area (Å²) in [5, 5.41) is 2.78. The van der Waals surface area contributed by atoms with Crippen molar-refractivity contribution in [3.05, 3.63) is 34.9 Å². The Kier molecular flexibility index (Phi) is 9.87. The first-order valence-electron chi connectivity index (χ1n) is 7.11. The molecule has 0 fully saturated rings. The third-order valence-electron chi connectivity index (χ3n) is 2.92. The lowest BCUT2D eigenvalue weighted by Crippen LogP contribution is -2.19. The number of allylic oxidation sites excluding steroid dienone is 5. The summed E-state index contributed by atoms with van der Waals surface area (Å²) in [6.07, 6.45) is 11.2. The molecule has 0 rings (SSSR count). The molecule has 0 aromatic rings. The van der Waals surface area contributed by atoms with Gasteiger partial charge in [0.25, 0.3) is 0 Å². The molecule has 19 heavy (non-hydrogen) atoms. The summed E-state index contributed by atoms with van der Waals surface area (Å²) in [5.74, 6) is 0.0269. The number of amides is 1. The van der Waals surface area contributed by atoms with E-state index in [-0.39, 0.29) is 5.91 Å². The quantitative estimate of drug-likeness (QED) is 0.640. The molecule has 0 atom stereocenters. The minimum atomic E-state index is 0.0269. The van der Waals surface area contributed by atoms with Gasteiger partial charge in [0.2, 0.25) is 5.91 Å². The molecule has 0 spiro atoms. The molecule has 0 saturated heterocycles. The van der Waals surface area contributed by atoms with Gasteiger partial charge in [0, 0.05) is 13.5 Å². The van der Waals surface area contributed by atoms with Gasteiger partial charge in [-0.2, -0.15) is 0 Å². The second-order valence-electron chi connectivity index (χ2n) is 5.40. The van der Waals surface area contributed by atoms with Gasteiger partial charge in [-0.1, -0.05) is 34.9 Å². The molecular formula is C17H29NO. The van der Waals surface area contributed by atoms with Gasteiger partial charge < -0.3 is 5.32 Å². The topological polar surface area (TPSA) is 29.1 Å². The van der Waals surface area contributed by atoms with E-state index >= 15 is 0 Å². The number of hydrogen-bond acceptors (Lipinski definition) is 1. The third-order valence-corrected chi connectivity index (χ3v) is 2.92. The lowest BCUT2D eigenvalue weighted by Gasteiger charge is -2.02. The zero-order valence-corrected chi connectivity index (χ0v) is 13.2. The van der Waals surface area contributed by atoms with Crippen LogP contribution >= 0.6 is 0 Å². The van der Waals surface area contributed by atoms with Crippen molar-refractivity contribution in [3.8, 4) is 0 Å². The maximum atomic E-state index is 10.7. The largest absolute Gasteiger partial charge is 0.353 e. The van der Waals surface area contributed by atoms with Crippen LogP contribution in [-0.4, -0.2) is 12.5 Å². The third kappa shape index (κ3) is 12.9. The Morgan fingerprint density at radius 3 is 1.89 bits per heavy atom. The predicted molar refractivity (Wildman–Crippen MR) is 84.1 cm³/mol. The Hall–Kier alpha value is -1.31. The molecule has 0 aliphatic rings. The summed E-state index contributed by atoms with van der Waals surface area (Å²) in [6, 6.07) is 0. The van der Waals surface area contributed by atoms with Crippen molar-refractivity contribution >= 4 is 5.91 Å². The van der Waals surface area contributed by atoms with Gasteiger partial charge in [-0.3, -0.25) is 4.79 Å². The summed E-state index contributed by atoms with van der Waals surface area (Å²) in [5.41, 5.74) is 4.19. The Morgan fingerprint density at radius 1 is 0.842 bits per heavy atom. The van der Waals surface area contributed by atoms with Gasteiger partial charge in [-0.15, -0.1) is 0 Å². The van der Waals surface area contributed by atoms with Crippen molar-refractivity contribution in [2.45, 2.75) is 60.3 Å². The highest BCUT2D eigenvalue weighted by atomic mass is 16.1. The van der Waals surface area contributed by atoms with Crippen LogP contribution in [0.15, 0.2) is 34.9 Å². The van der Waals surface area contributed by atoms with Crippen LogP contribution in [0, 0.1) is 0 Å². The fraction of sp³-hybridized carbons (Fsp3) is 0.588. The minimum absolute atomic E-state index is 0.0269. The molecule has 1 amide bonds. The van der Waals surface area contributed by atoms with Crippen LogP contribution in [0.4, 0.5) is 0 Å². The molecule has 108 valence electrons. The molecular weight excluding hydrogens is 234 g/mol. The summed E-state index contributed by atoms with van der Waals surface area (Å²) < 4.78 is 0. The van der Waals surface area contributed by atoms with Crippen molar-refractivity contribution in [1.82, 2.24) is 5.32 Å². The smallest absolute Gasteiger partial charge is 0.217 e. The molecule has 2 nitrogen and oxygen atoms in total. The average molecular weight is 263 g/mol. The molecule has 0 aliphatic carbocycles. The Bertz CT molecular complexity index is 357. The predicted octanol–water partition coefficient (Wildman–Crippen LogP) is 4.54. The molecule has 0 unspecified atom stereocenters. The van der Waals surface area contributed by atoms with Crippen molar-refractivity contribution < 1.29 is 4.79 Å². The van der Waals surface area contributed by atoms with Crippen molar-refractivity contribution in [3.63, 3.8) is 0 Å². The van der Waals surface area contributed by atoms with Gasteiger partial charge >= 0.3 is 0 Å². The van der Waals surface area contributed by atoms with Crippen LogP contribution in [0.1, 0.15) is 60.3 Å². The summed E-state index contributed by atoms with van der Waals surface area (Å²) in [4.78, 5) is 10.7. The van der Waals surface area contributed by atoms with Crippen molar-refractivity contribution in [2.75, 3.05) is 6.54 Å². The molecule has 0 heterocycles. The number of hydrogen-bond donors (Lipinski definition) is 1. The number of nitrogens with one attached hydrogen (secondary N) is 1. The van der Waals surface area contributed by atoms with Gasteiger partial charge in [-0.05, 0) is 53.4 Å². The first-order chi connectivity index (χ1) is 8.91. The normalized spacial score (nSPS) is 12.3. The van der Waals surface area contributed by atoms with E-state index in [2.05, 4.69) is 51.2 Å². The molecule has 0 aromatic heterocycles. The standard InChI is InChI=1S/C17H29NO/c1-14(2)8-6-9-15(3)10-7-11-16(4)12-13-18-17(5)19/h8,10,12H,6-7,9,11,13H2,1-5H3,(H,18,19). The lowest BCUT2D eigenvalue weighted by atomic mass is 10.1. The summed E-state index contributed by atoms with van der Waals surface area (Å²) >= 11 is 0. The molecule has 0 aliphatic heterocycles. The summed E-state index contributed by atoms with van der Waals surface area (Å²) in [6.45, 7) is 10.8. The van der Waals surface area contributed by atoms with Gasteiger partial charge in [0.1, 0.15) is 0 Å². The highest BCUT2D eigenvalue weighted by molar-refractivity contribution is 5.72. The van der Waals surface area contributed by atoms with E-state index in [1.54, 1.807) is 6.92 Å². The van der Waals surface area contributed by atoms with E-state index in [0.29, 0.717) is 6.54 Å². The monoisotopic (exact) mass is 263 g/mol. The Balaban J connectivity index is 3.86. The van der Waals surface area contributed by atoms with Crippen LogP contribution in [-0.2, 0) is 4.79 Å². The zero-order valence-electron chi connectivity index (χ0n) is 13.2. The van der Waals surface area contributed by atoms with E-state index in [4.69, 9.17) is 0 Å². The number of carbonyl (C=O) groups is 1. The van der Waals surface area contributed by atoms with Crippen LogP contribution in [0.25, 0.3) is 0 Å². The van der Waals surface area contributed by atoms with Gasteiger partial charge in [-0.25, -0.2) is 0 Å². The Morgan fingerprint density at radius 2 is 1.37 bits per heavy atom. The fourth-order valence-corrected chi connectivity index (χ4v) is 1.71. The fourth-order valence-electron chi connectivity index (χ4n) is 1.71. The van der Waals surface area contributed by atoms with Crippen molar-refractivity contribution in [1.29, 1.82) is 0 Å². The first kappa shape index (κ1) is 17.7. The van der Waals surface area contributed by atoms with Crippen molar-refractivity contribution in [2.24, 2.45) is 0 Å². The molecule has 0 aromatic carbocycles. The van der Waals surface area contributed by atoms with Gasteiger partial charge in [0.05, 0.1) is 0 Å². The Labute approximate surface area is 118 Å². The average Bonchev–Trinajstić information content (AvgIpc) is 2.27. The van der Waals surface area contributed by atoms with E-state index < -0.39 is 0 Å². The van der Waals surface area contributed by atoms with Crippen LogP contribution in [0.2, 0.25) is 0 Å². The molecule has 0 bridgehead atoms. The highest BCUT2D eigenvalue weighted by Crippen LogP contribution is 2.11. The van der Waals surface area contributed by atoms with Crippen LogP contribution in [0.3, 0.4) is 0 Å². The van der Waals surface area contributed by atoms with Crippen LogP contribution in [0.5, 0.6) is 0 Å². The SMILES string of the molecule is CC(=O)NCC=C(C)CCC=C(C)CCC=C(C)C. The molecule has 0 radical (unpaired) electrons. The van der Waals surface area contributed by atoms with E-state index in [1.807, 2.05) is 0 Å². The molecule has 0 saturated carbocycles. The lowest BCUT2D eigenvalue weighted by molar-refractivity contribution is -0.118. The van der Waals surface area contributed by atoms with E-state index in [0.717, 1.165) is 25.7 Å². The highest BCUT2D eigenvalue weighted by Gasteiger charge is 1.92. The first-order valence-corrected chi connectivity index (χ1v) is 7.11. The number of carbonyl (C=O) groups excluding carboxylic acids is 1. The second kappa shape index (κ2) is 10.6. The summed E-state index contributed by atoms with van der Waals surface area (Å²) in [7, 11) is 0.